The summed E-state index contributed by atoms with van der Waals surface area (Å²) < 4.78 is 4.68. The van der Waals surface area contributed by atoms with Gasteiger partial charge in [0.1, 0.15) is 10.5 Å². The van der Waals surface area contributed by atoms with Crippen molar-refractivity contribution in [3.63, 3.8) is 0 Å². The standard InChI is InChI=1S/C2H8OSi.CHNO.H4Si/c1-2-3-4;2-1-3;/h2H2,1,4H3;2H;1H4. The Morgan fingerprint density at radius 3 is 2.00 bits per heavy atom. The molecule has 0 bridgehead atoms. The highest BCUT2D eigenvalue weighted by molar-refractivity contribution is 5.97. The fourth-order valence-corrected chi connectivity index (χ4v) is 0. The normalized spacial score (nSPS) is 5.12. The minimum Gasteiger partial charge on any atom is -0.428 e. The van der Waals surface area contributed by atoms with E-state index in [0.717, 1.165) is 23.2 Å². The first-order valence-corrected chi connectivity index (χ1v) is 2.67. The number of carbonyl (C=O) groups excluding carboxylic acids is 1. The molecule has 5 heteroatoms. The number of nitrogens with one attached hydrogen (secondary N) is 1. The van der Waals surface area contributed by atoms with E-state index >= 15 is 0 Å². The zero-order valence-corrected chi connectivity index (χ0v) is 6.52. The Kier molecular flexibility index (Phi) is 57.4. The highest BCUT2D eigenvalue weighted by Crippen LogP contribution is 1.50. The van der Waals surface area contributed by atoms with Crippen molar-refractivity contribution in [2.45, 2.75) is 6.92 Å². The molecule has 50 valence electrons. The molecule has 0 atom stereocenters. The summed E-state index contributed by atoms with van der Waals surface area (Å²) in [6.45, 7) is 2.87. The smallest absolute Gasteiger partial charge is 0.231 e. The second kappa shape index (κ2) is 29.4. The second-order valence-corrected chi connectivity index (χ2v) is 1.26. The minimum atomic E-state index is 0. The summed E-state index contributed by atoms with van der Waals surface area (Å²) in [5.41, 5.74) is 0. The molecule has 0 spiro atoms. The Labute approximate surface area is 56.5 Å². The van der Waals surface area contributed by atoms with Gasteiger partial charge in [0, 0.05) is 6.61 Å². The van der Waals surface area contributed by atoms with Gasteiger partial charge in [-0.05, 0) is 17.9 Å². The third kappa shape index (κ3) is 220. The summed E-state index contributed by atoms with van der Waals surface area (Å²) >= 11 is 0. The summed E-state index contributed by atoms with van der Waals surface area (Å²) in [5, 5.41) is 5.40. The van der Waals surface area contributed by atoms with Gasteiger partial charge >= 0.3 is 0 Å². The van der Waals surface area contributed by atoms with E-state index in [1.807, 2.05) is 6.92 Å². The van der Waals surface area contributed by atoms with E-state index in [1.165, 1.54) is 0 Å². The first-order chi connectivity index (χ1) is 3.33. The highest BCUT2D eigenvalue weighted by atomic mass is 28.2. The van der Waals surface area contributed by atoms with Crippen molar-refractivity contribution >= 4 is 27.5 Å². The zero-order valence-electron chi connectivity index (χ0n) is 4.52. The van der Waals surface area contributed by atoms with E-state index in [2.05, 4.69) is 4.43 Å². The molecule has 0 aliphatic heterocycles. The van der Waals surface area contributed by atoms with Gasteiger partial charge in [-0.25, -0.2) is 10.2 Å². The van der Waals surface area contributed by atoms with E-state index in [1.54, 1.807) is 0 Å². The van der Waals surface area contributed by atoms with Gasteiger partial charge in [-0.15, -0.1) is 0 Å². The lowest BCUT2D eigenvalue weighted by molar-refractivity contribution is 0.375. The Morgan fingerprint density at radius 1 is 1.88 bits per heavy atom. The number of hydrogen-bond acceptors (Lipinski definition) is 3. The maximum atomic E-state index is 8.35. The van der Waals surface area contributed by atoms with E-state index in [0.29, 0.717) is 0 Å². The van der Waals surface area contributed by atoms with Gasteiger partial charge in [0.2, 0.25) is 6.08 Å². The quantitative estimate of drug-likeness (QED) is 0.262. The summed E-state index contributed by atoms with van der Waals surface area (Å²) in [4.78, 5) is 8.35. The van der Waals surface area contributed by atoms with Crippen molar-refractivity contribution in [1.82, 2.24) is 0 Å². The number of hydrogen-bond donors (Lipinski definition) is 1. The molecule has 0 unspecified atom stereocenters. The van der Waals surface area contributed by atoms with Crippen LogP contribution in [0.2, 0.25) is 0 Å². The third-order valence-electron chi connectivity index (χ3n) is 0.289. The van der Waals surface area contributed by atoms with Crippen LogP contribution in [0.25, 0.3) is 0 Å². The largest absolute Gasteiger partial charge is 0.428 e. The lowest BCUT2D eigenvalue weighted by Crippen LogP contribution is -1.76. The van der Waals surface area contributed by atoms with Crippen LogP contribution in [0.15, 0.2) is 0 Å². The van der Waals surface area contributed by atoms with Gasteiger partial charge in [0.25, 0.3) is 0 Å². The number of rotatable bonds is 1. The number of isocyanates is 1. The van der Waals surface area contributed by atoms with Crippen LogP contribution in [0.5, 0.6) is 0 Å². The molecule has 0 aromatic heterocycles. The maximum Gasteiger partial charge on any atom is 0.231 e. The van der Waals surface area contributed by atoms with Crippen molar-refractivity contribution in [3.8, 4) is 0 Å². The molecule has 8 heavy (non-hydrogen) atoms. The summed E-state index contributed by atoms with van der Waals surface area (Å²) in [7, 11) is 0.890. The average molecular weight is 151 g/mol. The van der Waals surface area contributed by atoms with Gasteiger partial charge in [0.15, 0.2) is 0 Å². The highest BCUT2D eigenvalue weighted by Gasteiger charge is 1.51. The molecule has 3 nitrogen and oxygen atoms in total. The SMILES string of the molecule is CCO[SiH3].N=C=O.[SiH4]. The molecule has 0 heterocycles. The Balaban J connectivity index is -0.0000000575. The van der Waals surface area contributed by atoms with Gasteiger partial charge in [-0.2, -0.15) is 0 Å². The summed E-state index contributed by atoms with van der Waals surface area (Å²) in [6, 6.07) is 0. The van der Waals surface area contributed by atoms with Gasteiger partial charge in [0.05, 0.1) is 0 Å². The minimum absolute atomic E-state index is 0. The van der Waals surface area contributed by atoms with Crippen molar-refractivity contribution in [2.75, 3.05) is 6.61 Å². The molecule has 0 saturated carbocycles. The van der Waals surface area contributed by atoms with Gasteiger partial charge in [-0.3, -0.25) is 0 Å². The Hall–Kier alpha value is -0.226. The molecule has 0 aliphatic rings. The average Bonchev–Trinajstić information content (AvgIpc) is 1.69. The molecule has 0 rings (SSSR count). The lowest BCUT2D eigenvalue weighted by atomic mass is 10.9. The van der Waals surface area contributed by atoms with Crippen LogP contribution >= 0.6 is 0 Å². The molecular formula is C3H13NO2Si2. The van der Waals surface area contributed by atoms with Crippen molar-refractivity contribution < 1.29 is 9.22 Å². The molecule has 0 aromatic rings. The van der Waals surface area contributed by atoms with Crippen LogP contribution in [-0.2, 0) is 9.22 Å². The van der Waals surface area contributed by atoms with Gasteiger partial charge < -0.3 is 4.43 Å². The Bertz CT molecular complexity index is 51.2. The summed E-state index contributed by atoms with van der Waals surface area (Å²) in [6.07, 6.45) is 0.750. The fraction of sp³-hybridized carbons (Fsp3) is 0.667. The van der Waals surface area contributed by atoms with Crippen molar-refractivity contribution in [1.29, 1.82) is 5.41 Å². The maximum absolute atomic E-state index is 8.35. The van der Waals surface area contributed by atoms with E-state index in [4.69, 9.17) is 10.2 Å². The molecule has 0 fully saturated rings. The van der Waals surface area contributed by atoms with Crippen LogP contribution in [0.4, 0.5) is 0 Å². The molecular weight excluding hydrogens is 138 g/mol. The molecule has 0 aliphatic carbocycles. The second-order valence-electron chi connectivity index (χ2n) is 0.679. The lowest BCUT2D eigenvalue weighted by Gasteiger charge is -1.77. The predicted molar refractivity (Wildman–Crippen MR) is 41.3 cm³/mol. The van der Waals surface area contributed by atoms with E-state index < -0.39 is 0 Å². The Morgan fingerprint density at radius 2 is 2.00 bits per heavy atom. The monoisotopic (exact) mass is 151 g/mol. The zero-order chi connectivity index (χ0) is 6.12. The molecule has 0 amide bonds. The third-order valence-corrected chi connectivity index (χ3v) is 0.866. The predicted octanol–water partition coefficient (Wildman–Crippen LogP) is -2.25. The molecule has 1 N–H and O–H groups in total. The molecule has 0 saturated heterocycles. The first kappa shape index (κ1) is 15.7. The van der Waals surface area contributed by atoms with Crippen LogP contribution < -0.4 is 0 Å². The van der Waals surface area contributed by atoms with Crippen LogP contribution in [0, 0.1) is 5.41 Å². The van der Waals surface area contributed by atoms with Crippen LogP contribution in [0.3, 0.4) is 0 Å². The van der Waals surface area contributed by atoms with Crippen LogP contribution in [0.1, 0.15) is 6.92 Å². The topological polar surface area (TPSA) is 50.1 Å². The molecule has 0 radical (unpaired) electrons. The fourth-order valence-electron chi connectivity index (χ4n) is 0. The van der Waals surface area contributed by atoms with E-state index in [9.17, 15) is 0 Å². The first-order valence-electron chi connectivity index (χ1n) is 1.86. The van der Waals surface area contributed by atoms with Gasteiger partial charge in [-0.1, -0.05) is 0 Å². The van der Waals surface area contributed by atoms with Crippen LogP contribution in [-0.4, -0.2) is 34.1 Å². The van der Waals surface area contributed by atoms with Crippen molar-refractivity contribution in [3.05, 3.63) is 0 Å². The molecule has 0 aromatic carbocycles. The summed E-state index contributed by atoms with van der Waals surface area (Å²) in [5.74, 6) is 0. The van der Waals surface area contributed by atoms with Crippen molar-refractivity contribution in [2.24, 2.45) is 0 Å². The van der Waals surface area contributed by atoms with E-state index in [-0.39, 0.29) is 11.0 Å².